The van der Waals surface area contributed by atoms with Gasteiger partial charge < -0.3 is 10.5 Å². The third-order valence-corrected chi connectivity index (χ3v) is 2.90. The maximum atomic E-state index is 13.0. The van der Waals surface area contributed by atoms with E-state index >= 15 is 0 Å². The number of halogens is 2. The molecule has 2 rings (SSSR count). The fraction of sp³-hybridized carbons (Fsp3) is 0.214. The molecule has 1 aromatic carbocycles. The second-order valence-electron chi connectivity index (χ2n) is 4.23. The van der Waals surface area contributed by atoms with Crippen LogP contribution in [-0.4, -0.2) is 11.0 Å². The van der Waals surface area contributed by atoms with Gasteiger partial charge in [0.25, 0.3) is 0 Å². The molecule has 0 saturated heterocycles. The van der Waals surface area contributed by atoms with Gasteiger partial charge in [-0.2, -0.15) is 0 Å². The zero-order valence-electron chi connectivity index (χ0n) is 10.4. The predicted octanol–water partition coefficient (Wildman–Crippen LogP) is 3.34. The van der Waals surface area contributed by atoms with Crippen LogP contribution in [0.15, 0.2) is 42.6 Å². The molecular weight excluding hydrogens is 267 g/mol. The van der Waals surface area contributed by atoms with Gasteiger partial charge in [0, 0.05) is 12.2 Å². The van der Waals surface area contributed by atoms with Gasteiger partial charge in [0.05, 0.1) is 10.7 Å². The van der Waals surface area contributed by atoms with Crippen LogP contribution in [-0.2, 0) is 0 Å². The highest BCUT2D eigenvalue weighted by atomic mass is 35.5. The Morgan fingerprint density at radius 3 is 2.68 bits per heavy atom. The molecule has 2 atom stereocenters. The van der Waals surface area contributed by atoms with Crippen LogP contribution in [0.1, 0.15) is 18.7 Å². The third kappa shape index (κ3) is 3.43. The van der Waals surface area contributed by atoms with Gasteiger partial charge in [-0.15, -0.1) is 0 Å². The van der Waals surface area contributed by atoms with E-state index in [9.17, 15) is 4.39 Å². The zero-order valence-corrected chi connectivity index (χ0v) is 11.1. The van der Waals surface area contributed by atoms with E-state index in [0.29, 0.717) is 11.4 Å². The van der Waals surface area contributed by atoms with Gasteiger partial charge >= 0.3 is 0 Å². The second-order valence-corrected chi connectivity index (χ2v) is 4.63. The van der Waals surface area contributed by atoms with Crippen molar-refractivity contribution in [2.75, 3.05) is 0 Å². The third-order valence-electron chi connectivity index (χ3n) is 2.60. The Morgan fingerprint density at radius 2 is 2.11 bits per heavy atom. The molecular formula is C14H14ClFN2O. The Balaban J connectivity index is 2.27. The lowest BCUT2D eigenvalue weighted by Crippen LogP contribution is -2.29. The maximum absolute atomic E-state index is 13.0. The Kier molecular flexibility index (Phi) is 4.35. The minimum Gasteiger partial charge on any atom is -0.481 e. The van der Waals surface area contributed by atoms with E-state index < -0.39 is 11.9 Å². The Labute approximate surface area is 116 Å². The molecule has 100 valence electrons. The van der Waals surface area contributed by atoms with E-state index in [1.54, 1.807) is 6.20 Å². The number of hydrogen-bond acceptors (Lipinski definition) is 3. The minimum atomic E-state index is -0.441. The first kappa shape index (κ1) is 13.8. The summed E-state index contributed by atoms with van der Waals surface area (Å²) in [6.45, 7) is 1.82. The molecule has 1 aromatic heterocycles. The van der Waals surface area contributed by atoms with E-state index in [4.69, 9.17) is 22.1 Å². The van der Waals surface area contributed by atoms with Gasteiger partial charge in [0.15, 0.2) is 6.10 Å². The van der Waals surface area contributed by atoms with Crippen LogP contribution in [0.2, 0.25) is 5.02 Å². The summed E-state index contributed by atoms with van der Waals surface area (Å²) in [5.41, 5.74) is 6.62. The largest absolute Gasteiger partial charge is 0.481 e. The van der Waals surface area contributed by atoms with Crippen LogP contribution < -0.4 is 10.5 Å². The molecule has 19 heavy (non-hydrogen) atoms. The van der Waals surface area contributed by atoms with Gasteiger partial charge in [-0.05, 0) is 37.3 Å². The Bertz CT molecular complexity index is 548. The molecule has 1 heterocycles. The zero-order chi connectivity index (χ0) is 13.8. The van der Waals surface area contributed by atoms with Gasteiger partial charge in [-0.25, -0.2) is 4.39 Å². The summed E-state index contributed by atoms with van der Waals surface area (Å²) in [6, 6.07) is 9.18. The lowest BCUT2D eigenvalue weighted by Gasteiger charge is -2.22. The average molecular weight is 281 g/mol. The fourth-order valence-electron chi connectivity index (χ4n) is 1.69. The molecule has 0 radical (unpaired) electrons. The van der Waals surface area contributed by atoms with E-state index in [0.717, 1.165) is 0 Å². The molecule has 0 aliphatic rings. The van der Waals surface area contributed by atoms with E-state index in [1.165, 1.54) is 18.2 Å². The summed E-state index contributed by atoms with van der Waals surface area (Å²) in [4.78, 5) is 4.22. The summed E-state index contributed by atoms with van der Waals surface area (Å²) < 4.78 is 18.8. The summed E-state index contributed by atoms with van der Waals surface area (Å²) in [6.07, 6.45) is 1.23. The normalized spacial score (nSPS) is 13.9. The van der Waals surface area contributed by atoms with Crippen LogP contribution in [0.4, 0.5) is 4.39 Å². The average Bonchev–Trinajstić information content (AvgIpc) is 2.38. The number of benzene rings is 1. The first-order chi connectivity index (χ1) is 9.08. The van der Waals surface area contributed by atoms with Crippen molar-refractivity contribution in [3.63, 3.8) is 0 Å². The van der Waals surface area contributed by atoms with Crippen molar-refractivity contribution in [1.82, 2.24) is 4.98 Å². The number of nitrogens with zero attached hydrogens (tertiary/aromatic N) is 1. The fourth-order valence-corrected chi connectivity index (χ4v) is 1.90. The Morgan fingerprint density at radius 1 is 1.32 bits per heavy atom. The SMILES string of the molecule is CC(N)C(Oc1ccc(F)cc1Cl)c1ccccn1. The van der Waals surface area contributed by atoms with Crippen molar-refractivity contribution in [3.05, 3.63) is 59.1 Å². The van der Waals surface area contributed by atoms with Crippen molar-refractivity contribution in [2.24, 2.45) is 5.73 Å². The lowest BCUT2D eigenvalue weighted by atomic mass is 10.1. The lowest BCUT2D eigenvalue weighted by molar-refractivity contribution is 0.176. The topological polar surface area (TPSA) is 48.1 Å². The molecule has 2 aromatic rings. The van der Waals surface area contributed by atoms with Gasteiger partial charge in [0.1, 0.15) is 11.6 Å². The summed E-state index contributed by atoms with van der Waals surface area (Å²) >= 11 is 5.94. The number of aromatic nitrogens is 1. The quantitative estimate of drug-likeness (QED) is 0.934. The molecule has 3 nitrogen and oxygen atoms in total. The van der Waals surface area contributed by atoms with E-state index in [2.05, 4.69) is 4.98 Å². The van der Waals surface area contributed by atoms with Gasteiger partial charge in [-0.1, -0.05) is 17.7 Å². The highest BCUT2D eigenvalue weighted by Crippen LogP contribution is 2.30. The molecule has 0 amide bonds. The number of pyridine rings is 1. The molecule has 0 fully saturated rings. The van der Waals surface area contributed by atoms with Crippen LogP contribution in [0.25, 0.3) is 0 Å². The molecule has 0 bridgehead atoms. The monoisotopic (exact) mass is 280 g/mol. The number of hydrogen-bond donors (Lipinski definition) is 1. The summed E-state index contributed by atoms with van der Waals surface area (Å²) in [5, 5.41) is 0.210. The smallest absolute Gasteiger partial charge is 0.155 e. The molecule has 2 unspecified atom stereocenters. The van der Waals surface area contributed by atoms with Crippen molar-refractivity contribution in [1.29, 1.82) is 0 Å². The molecule has 0 aliphatic carbocycles. The minimum absolute atomic E-state index is 0.210. The van der Waals surface area contributed by atoms with Crippen molar-refractivity contribution in [3.8, 4) is 5.75 Å². The first-order valence-corrected chi connectivity index (χ1v) is 6.24. The predicted molar refractivity (Wildman–Crippen MR) is 72.7 cm³/mol. The molecule has 0 saturated carbocycles. The standard InChI is InChI=1S/C14H14ClFN2O/c1-9(17)14(12-4-2-3-7-18-12)19-13-6-5-10(16)8-11(13)15/h2-9,14H,17H2,1H3. The van der Waals surface area contributed by atoms with Crippen LogP contribution >= 0.6 is 11.6 Å². The summed E-state index contributed by atoms with van der Waals surface area (Å²) in [7, 11) is 0. The van der Waals surface area contributed by atoms with Crippen molar-refractivity contribution in [2.45, 2.75) is 19.1 Å². The van der Waals surface area contributed by atoms with E-state index in [1.807, 2.05) is 25.1 Å². The van der Waals surface area contributed by atoms with Gasteiger partial charge in [0.2, 0.25) is 0 Å². The van der Waals surface area contributed by atoms with E-state index in [-0.39, 0.29) is 11.1 Å². The van der Waals surface area contributed by atoms with Crippen LogP contribution in [0.3, 0.4) is 0 Å². The summed E-state index contributed by atoms with van der Waals surface area (Å²) in [5.74, 6) is -0.0245. The number of rotatable bonds is 4. The highest BCUT2D eigenvalue weighted by Gasteiger charge is 2.20. The molecule has 0 aliphatic heterocycles. The molecule has 5 heteroatoms. The molecule has 2 N–H and O–H groups in total. The van der Waals surface area contributed by atoms with Crippen LogP contribution in [0.5, 0.6) is 5.75 Å². The number of ether oxygens (including phenoxy) is 1. The maximum Gasteiger partial charge on any atom is 0.155 e. The Hall–Kier alpha value is -1.65. The second kappa shape index (κ2) is 5.99. The highest BCUT2D eigenvalue weighted by molar-refractivity contribution is 6.32. The van der Waals surface area contributed by atoms with Crippen molar-refractivity contribution < 1.29 is 9.13 Å². The molecule has 0 spiro atoms. The van der Waals surface area contributed by atoms with Crippen molar-refractivity contribution >= 4 is 11.6 Å². The van der Waals surface area contributed by atoms with Gasteiger partial charge in [-0.3, -0.25) is 4.98 Å². The van der Waals surface area contributed by atoms with Crippen LogP contribution in [0, 0.1) is 5.82 Å². The first-order valence-electron chi connectivity index (χ1n) is 5.86. The number of nitrogens with two attached hydrogens (primary N) is 1.